The second-order valence-electron chi connectivity index (χ2n) is 6.00. The lowest BCUT2D eigenvalue weighted by Crippen LogP contribution is -2.18. The zero-order valence-electron chi connectivity index (χ0n) is 14.5. The molecule has 0 heterocycles. The van der Waals surface area contributed by atoms with E-state index in [1.54, 1.807) is 23.7 Å². The number of carbonyl (C=O) groups excluding carboxylic acids is 2. The van der Waals surface area contributed by atoms with E-state index in [0.717, 1.165) is 5.56 Å². The van der Waals surface area contributed by atoms with Crippen molar-refractivity contribution in [1.29, 1.82) is 0 Å². The van der Waals surface area contributed by atoms with Crippen LogP contribution in [0.1, 0.15) is 46.3 Å². The van der Waals surface area contributed by atoms with E-state index in [0.29, 0.717) is 24.3 Å². The molecule has 0 aliphatic heterocycles. The Bertz CT molecular complexity index is 735. The molecule has 0 fully saturated rings. The van der Waals surface area contributed by atoms with E-state index in [1.807, 2.05) is 38.1 Å². The van der Waals surface area contributed by atoms with Gasteiger partial charge in [0, 0.05) is 18.4 Å². The number of benzene rings is 2. The molecule has 25 heavy (non-hydrogen) atoms. The third-order valence-electron chi connectivity index (χ3n) is 4.12. The Morgan fingerprint density at radius 2 is 1.72 bits per heavy atom. The van der Waals surface area contributed by atoms with Crippen LogP contribution < -0.4 is 10.2 Å². The molecule has 0 unspecified atom stereocenters. The van der Waals surface area contributed by atoms with Crippen molar-refractivity contribution in [3.05, 3.63) is 64.7 Å². The molecule has 0 saturated carbocycles. The number of rotatable bonds is 8. The first kappa shape index (κ1) is 18.7. The summed E-state index contributed by atoms with van der Waals surface area (Å²) in [7, 11) is 0. The molecule has 2 aromatic carbocycles. The number of aryl methyl sites for hydroxylation is 2. The molecule has 0 aliphatic rings. The fourth-order valence-corrected chi connectivity index (χ4v) is 2.60. The summed E-state index contributed by atoms with van der Waals surface area (Å²) in [5, 5.41) is 8.44. The number of hydroxylamine groups is 1. The minimum absolute atomic E-state index is 0.0525. The lowest BCUT2D eigenvalue weighted by Gasteiger charge is -2.12. The number of hydrogen-bond donors (Lipinski definition) is 2. The van der Waals surface area contributed by atoms with E-state index < -0.39 is 5.91 Å². The number of nitrogens with one attached hydrogen (secondary N) is 1. The minimum atomic E-state index is -0.488. The summed E-state index contributed by atoms with van der Waals surface area (Å²) in [5.74, 6) is 0.100. The van der Waals surface area contributed by atoms with Gasteiger partial charge in [-0.1, -0.05) is 30.3 Å². The maximum atomic E-state index is 12.2. The van der Waals surface area contributed by atoms with Gasteiger partial charge >= 0.3 is 0 Å². The zero-order chi connectivity index (χ0) is 18.2. The number of carbonyl (C=O) groups is 2. The third-order valence-corrected chi connectivity index (χ3v) is 4.12. The van der Waals surface area contributed by atoms with Gasteiger partial charge < -0.3 is 4.74 Å². The van der Waals surface area contributed by atoms with Crippen LogP contribution in [0, 0.1) is 13.8 Å². The molecule has 2 rings (SSSR count). The maximum absolute atomic E-state index is 12.2. The lowest BCUT2D eigenvalue weighted by molar-refractivity contribution is -0.129. The first-order chi connectivity index (χ1) is 12.0. The maximum Gasteiger partial charge on any atom is 0.243 e. The molecule has 0 spiro atoms. The fraction of sp³-hybridized carbons (Fsp3) is 0.300. The van der Waals surface area contributed by atoms with Gasteiger partial charge in [-0.05, 0) is 49.1 Å². The zero-order valence-corrected chi connectivity index (χ0v) is 14.5. The van der Waals surface area contributed by atoms with Crippen LogP contribution in [0.2, 0.25) is 0 Å². The van der Waals surface area contributed by atoms with Crippen molar-refractivity contribution in [3.63, 3.8) is 0 Å². The average Bonchev–Trinajstić information content (AvgIpc) is 2.61. The molecule has 0 bridgehead atoms. The average molecular weight is 341 g/mol. The standard InChI is InChI=1S/C20H23NO4/c1-14-6-3-7-15(2)18(14)13-25-17-9-4-8-16(12-17)19(22)10-5-11-20(23)21-24/h3-4,6-9,12,24H,5,10-11,13H2,1-2H3,(H,21,23). The molecule has 0 aromatic heterocycles. The fourth-order valence-electron chi connectivity index (χ4n) is 2.60. The quantitative estimate of drug-likeness (QED) is 0.436. The van der Waals surface area contributed by atoms with E-state index >= 15 is 0 Å². The number of ether oxygens (including phenoxy) is 1. The Morgan fingerprint density at radius 3 is 2.40 bits per heavy atom. The first-order valence-electron chi connectivity index (χ1n) is 8.25. The van der Waals surface area contributed by atoms with E-state index in [9.17, 15) is 9.59 Å². The molecule has 132 valence electrons. The smallest absolute Gasteiger partial charge is 0.243 e. The minimum Gasteiger partial charge on any atom is -0.489 e. The summed E-state index contributed by atoms with van der Waals surface area (Å²) in [6.07, 6.45) is 0.748. The summed E-state index contributed by atoms with van der Waals surface area (Å²) in [6, 6.07) is 13.2. The molecule has 5 nitrogen and oxygen atoms in total. The second kappa shape index (κ2) is 8.99. The topological polar surface area (TPSA) is 75.6 Å². The molecule has 0 saturated heterocycles. The van der Waals surface area contributed by atoms with Gasteiger partial charge in [0.05, 0.1) is 0 Å². The lowest BCUT2D eigenvalue weighted by atomic mass is 10.0. The van der Waals surface area contributed by atoms with Crippen LogP contribution in [0.15, 0.2) is 42.5 Å². The Labute approximate surface area is 147 Å². The number of ketones is 1. The van der Waals surface area contributed by atoms with Gasteiger partial charge in [-0.25, -0.2) is 5.48 Å². The summed E-state index contributed by atoms with van der Waals surface area (Å²) in [4.78, 5) is 23.2. The van der Waals surface area contributed by atoms with Crippen LogP contribution in [0.4, 0.5) is 0 Å². The largest absolute Gasteiger partial charge is 0.489 e. The normalized spacial score (nSPS) is 10.4. The van der Waals surface area contributed by atoms with Crippen LogP contribution >= 0.6 is 0 Å². The van der Waals surface area contributed by atoms with Gasteiger partial charge in [-0.3, -0.25) is 14.8 Å². The molecule has 0 radical (unpaired) electrons. The van der Waals surface area contributed by atoms with Crippen molar-refractivity contribution >= 4 is 11.7 Å². The third kappa shape index (κ3) is 5.43. The molecule has 2 N–H and O–H groups in total. The molecule has 5 heteroatoms. The Morgan fingerprint density at radius 1 is 1.04 bits per heavy atom. The first-order valence-corrected chi connectivity index (χ1v) is 8.25. The Hall–Kier alpha value is -2.66. The summed E-state index contributed by atoms with van der Waals surface area (Å²) < 4.78 is 5.86. The van der Waals surface area contributed by atoms with Crippen molar-refractivity contribution in [1.82, 2.24) is 5.48 Å². The van der Waals surface area contributed by atoms with Crippen LogP contribution in [0.5, 0.6) is 5.75 Å². The highest BCUT2D eigenvalue weighted by atomic mass is 16.5. The molecule has 0 aliphatic carbocycles. The molecular formula is C20H23NO4. The summed E-state index contributed by atoms with van der Waals surface area (Å²) in [5.41, 5.74) is 5.62. The highest BCUT2D eigenvalue weighted by Crippen LogP contribution is 2.20. The summed E-state index contributed by atoms with van der Waals surface area (Å²) >= 11 is 0. The van der Waals surface area contributed by atoms with Gasteiger partial charge in [0.25, 0.3) is 0 Å². The van der Waals surface area contributed by atoms with E-state index in [4.69, 9.17) is 9.94 Å². The van der Waals surface area contributed by atoms with Gasteiger partial charge in [0.15, 0.2) is 5.78 Å². The van der Waals surface area contributed by atoms with Crippen LogP contribution in [0.3, 0.4) is 0 Å². The molecule has 2 aromatic rings. The van der Waals surface area contributed by atoms with Gasteiger partial charge in [0.1, 0.15) is 12.4 Å². The Kier molecular flexibility index (Phi) is 6.71. The SMILES string of the molecule is Cc1cccc(C)c1COc1cccc(C(=O)CCCC(=O)NO)c1. The molecular weight excluding hydrogens is 318 g/mol. The van der Waals surface area contributed by atoms with Gasteiger partial charge in [-0.2, -0.15) is 0 Å². The number of amides is 1. The highest BCUT2D eigenvalue weighted by Gasteiger charge is 2.09. The molecule has 0 atom stereocenters. The number of Topliss-reactive ketones (excluding diaryl/α,β-unsaturated/α-hetero) is 1. The second-order valence-corrected chi connectivity index (χ2v) is 6.00. The van der Waals surface area contributed by atoms with Crippen LogP contribution in [-0.2, 0) is 11.4 Å². The van der Waals surface area contributed by atoms with Crippen molar-refractivity contribution in [2.24, 2.45) is 0 Å². The van der Waals surface area contributed by atoms with Gasteiger partial charge in [-0.15, -0.1) is 0 Å². The predicted octanol–water partition coefficient (Wildman–Crippen LogP) is 3.74. The van der Waals surface area contributed by atoms with Gasteiger partial charge in [0.2, 0.25) is 5.91 Å². The monoisotopic (exact) mass is 341 g/mol. The summed E-state index contributed by atoms with van der Waals surface area (Å²) in [6.45, 7) is 4.55. The highest BCUT2D eigenvalue weighted by molar-refractivity contribution is 5.96. The van der Waals surface area contributed by atoms with Crippen molar-refractivity contribution in [2.75, 3.05) is 0 Å². The predicted molar refractivity (Wildman–Crippen MR) is 94.8 cm³/mol. The van der Waals surface area contributed by atoms with E-state index in [1.165, 1.54) is 11.1 Å². The Balaban J connectivity index is 1.96. The van der Waals surface area contributed by atoms with Crippen molar-refractivity contribution in [3.8, 4) is 5.75 Å². The number of hydrogen-bond acceptors (Lipinski definition) is 4. The van der Waals surface area contributed by atoms with Crippen molar-refractivity contribution < 1.29 is 19.5 Å². The van der Waals surface area contributed by atoms with Crippen LogP contribution in [-0.4, -0.2) is 16.9 Å². The molecule has 1 amide bonds. The van der Waals surface area contributed by atoms with E-state index in [2.05, 4.69) is 0 Å². The van der Waals surface area contributed by atoms with Crippen LogP contribution in [0.25, 0.3) is 0 Å². The van der Waals surface area contributed by atoms with Crippen molar-refractivity contribution in [2.45, 2.75) is 39.7 Å². The van der Waals surface area contributed by atoms with E-state index in [-0.39, 0.29) is 18.6 Å².